The minimum atomic E-state index is -3.53. The van der Waals surface area contributed by atoms with Crippen LogP contribution in [0.2, 0.25) is 0 Å². The molecule has 0 N–H and O–H groups in total. The Balaban J connectivity index is 2.12. The largest absolute Gasteiger partial charge is 0.447 e. The number of nitrogens with zero attached hydrogens (tertiary/aromatic N) is 2. The minimum Gasteiger partial charge on any atom is -0.447 e. The standard InChI is InChI=1S/C13H21ClN2O3S/c1-3-15(4-2)11-7-8-16(10-11)20(17,18)13-6-5-12(9-14)19-13/h5-6,11H,3-4,7-10H2,1-2H3. The lowest BCUT2D eigenvalue weighted by atomic mass is 10.2. The van der Waals surface area contributed by atoms with Gasteiger partial charge in [0.2, 0.25) is 5.09 Å². The smallest absolute Gasteiger partial charge is 0.276 e. The average Bonchev–Trinajstić information content (AvgIpc) is 3.09. The van der Waals surface area contributed by atoms with Gasteiger partial charge < -0.3 is 4.42 Å². The Kier molecular flexibility index (Phi) is 5.12. The van der Waals surface area contributed by atoms with Crippen LogP contribution in [0.3, 0.4) is 0 Å². The topological polar surface area (TPSA) is 53.8 Å². The zero-order valence-corrected chi connectivity index (χ0v) is 13.5. The first kappa shape index (κ1) is 15.8. The molecule has 1 aliphatic rings. The molecule has 0 aromatic carbocycles. The van der Waals surface area contributed by atoms with Gasteiger partial charge in [-0.2, -0.15) is 4.31 Å². The monoisotopic (exact) mass is 320 g/mol. The molecule has 0 aliphatic carbocycles. The molecule has 0 amide bonds. The third kappa shape index (κ3) is 3.03. The molecule has 1 unspecified atom stereocenters. The summed E-state index contributed by atoms with van der Waals surface area (Å²) in [5, 5.41) is -0.00616. The zero-order valence-electron chi connectivity index (χ0n) is 11.9. The first-order valence-corrected chi connectivity index (χ1v) is 8.89. The molecular weight excluding hydrogens is 300 g/mol. The zero-order chi connectivity index (χ0) is 14.8. The molecule has 0 saturated carbocycles. The quantitative estimate of drug-likeness (QED) is 0.753. The summed E-state index contributed by atoms with van der Waals surface area (Å²) in [7, 11) is -3.53. The number of sulfonamides is 1. The van der Waals surface area contributed by atoms with Crippen LogP contribution in [0.1, 0.15) is 26.0 Å². The van der Waals surface area contributed by atoms with Crippen molar-refractivity contribution in [3.63, 3.8) is 0 Å². The number of hydrogen-bond donors (Lipinski definition) is 0. The van der Waals surface area contributed by atoms with E-state index < -0.39 is 10.0 Å². The molecule has 0 spiro atoms. The first-order valence-electron chi connectivity index (χ1n) is 6.91. The van der Waals surface area contributed by atoms with Crippen LogP contribution in [-0.2, 0) is 15.9 Å². The van der Waals surface area contributed by atoms with E-state index in [9.17, 15) is 8.42 Å². The lowest BCUT2D eigenvalue weighted by Gasteiger charge is -2.25. The van der Waals surface area contributed by atoms with Crippen LogP contribution >= 0.6 is 11.6 Å². The Hall–Kier alpha value is -0.560. The summed E-state index contributed by atoms with van der Waals surface area (Å²) < 4.78 is 31.7. The van der Waals surface area contributed by atoms with Crippen molar-refractivity contribution < 1.29 is 12.8 Å². The van der Waals surface area contributed by atoms with Crippen LogP contribution in [0.25, 0.3) is 0 Å². The second-order valence-corrected chi connectivity index (χ2v) is 7.02. The average molecular weight is 321 g/mol. The highest BCUT2D eigenvalue weighted by Gasteiger charge is 2.36. The Labute approximate surface area is 125 Å². The van der Waals surface area contributed by atoms with Crippen LogP contribution in [0.15, 0.2) is 21.6 Å². The van der Waals surface area contributed by atoms with E-state index in [1.54, 1.807) is 6.07 Å². The van der Waals surface area contributed by atoms with Gasteiger partial charge in [-0.1, -0.05) is 13.8 Å². The number of rotatable bonds is 6. The third-order valence-electron chi connectivity index (χ3n) is 3.82. The van der Waals surface area contributed by atoms with E-state index in [-0.39, 0.29) is 11.0 Å². The summed E-state index contributed by atoms with van der Waals surface area (Å²) in [5.74, 6) is 0.655. The number of alkyl halides is 1. The lowest BCUT2D eigenvalue weighted by Crippen LogP contribution is -2.38. The van der Waals surface area contributed by atoms with Gasteiger partial charge in [-0.15, -0.1) is 11.6 Å². The lowest BCUT2D eigenvalue weighted by molar-refractivity contribution is 0.224. The molecule has 114 valence electrons. The second kappa shape index (κ2) is 6.47. The van der Waals surface area contributed by atoms with Crippen molar-refractivity contribution in [2.24, 2.45) is 0 Å². The second-order valence-electron chi connectivity index (χ2n) is 4.88. The predicted molar refractivity (Wildman–Crippen MR) is 78.3 cm³/mol. The molecule has 0 radical (unpaired) electrons. The molecular formula is C13H21ClN2O3S. The Morgan fingerprint density at radius 1 is 1.40 bits per heavy atom. The fourth-order valence-electron chi connectivity index (χ4n) is 2.66. The van der Waals surface area contributed by atoms with Gasteiger partial charge in [0.1, 0.15) is 5.76 Å². The van der Waals surface area contributed by atoms with Gasteiger partial charge in [0.05, 0.1) is 5.88 Å². The van der Waals surface area contributed by atoms with E-state index >= 15 is 0 Å². The summed E-state index contributed by atoms with van der Waals surface area (Å²) in [5.41, 5.74) is 0. The van der Waals surface area contributed by atoms with Crippen molar-refractivity contribution in [1.29, 1.82) is 0 Å². The number of furan rings is 1. The highest BCUT2D eigenvalue weighted by Crippen LogP contribution is 2.25. The van der Waals surface area contributed by atoms with Crippen LogP contribution < -0.4 is 0 Å². The van der Waals surface area contributed by atoms with E-state index in [0.29, 0.717) is 24.9 Å². The number of halogens is 1. The summed E-state index contributed by atoms with van der Waals surface area (Å²) in [6, 6.07) is 3.39. The summed E-state index contributed by atoms with van der Waals surface area (Å²) in [4.78, 5) is 2.29. The van der Waals surface area contributed by atoms with Gasteiger partial charge in [-0.3, -0.25) is 4.90 Å². The maximum atomic E-state index is 12.5. The van der Waals surface area contributed by atoms with Gasteiger partial charge >= 0.3 is 0 Å². The van der Waals surface area contributed by atoms with E-state index in [1.807, 2.05) is 0 Å². The third-order valence-corrected chi connectivity index (χ3v) is 5.82. The van der Waals surface area contributed by atoms with Crippen molar-refractivity contribution in [3.8, 4) is 0 Å². The molecule has 1 fully saturated rings. The fraction of sp³-hybridized carbons (Fsp3) is 0.692. The maximum Gasteiger partial charge on any atom is 0.276 e. The van der Waals surface area contributed by atoms with Crippen LogP contribution in [0.5, 0.6) is 0 Å². The molecule has 0 bridgehead atoms. The van der Waals surface area contributed by atoms with Crippen LogP contribution in [0.4, 0.5) is 0 Å². The normalized spacial score (nSPS) is 20.9. The molecule has 1 saturated heterocycles. The fourth-order valence-corrected chi connectivity index (χ4v) is 4.23. The Morgan fingerprint density at radius 2 is 2.10 bits per heavy atom. The van der Waals surface area contributed by atoms with Crippen LogP contribution in [0, 0.1) is 0 Å². The Morgan fingerprint density at radius 3 is 2.65 bits per heavy atom. The molecule has 5 nitrogen and oxygen atoms in total. The first-order chi connectivity index (χ1) is 9.52. The molecule has 1 atom stereocenters. The predicted octanol–water partition coefficient (Wildman–Crippen LogP) is 2.12. The van der Waals surface area contributed by atoms with Crippen molar-refractivity contribution in [2.45, 2.75) is 37.3 Å². The summed E-state index contributed by atoms with van der Waals surface area (Å²) in [6.07, 6.45) is 0.865. The van der Waals surface area contributed by atoms with Crippen molar-refractivity contribution in [1.82, 2.24) is 9.21 Å². The van der Waals surface area contributed by atoms with E-state index in [2.05, 4.69) is 18.7 Å². The summed E-state index contributed by atoms with van der Waals surface area (Å²) in [6.45, 7) is 7.14. The summed E-state index contributed by atoms with van der Waals surface area (Å²) >= 11 is 5.64. The van der Waals surface area contributed by atoms with Gasteiger partial charge in [0, 0.05) is 19.1 Å². The van der Waals surface area contributed by atoms with Gasteiger partial charge in [-0.25, -0.2) is 8.42 Å². The number of likely N-dealkylation sites (N-methyl/N-ethyl adjacent to an activating group) is 1. The molecule has 20 heavy (non-hydrogen) atoms. The highest BCUT2D eigenvalue weighted by atomic mass is 35.5. The molecule has 7 heteroatoms. The molecule has 1 aromatic rings. The number of hydrogen-bond acceptors (Lipinski definition) is 4. The highest BCUT2D eigenvalue weighted by molar-refractivity contribution is 7.89. The Bertz CT molecular complexity index is 540. The van der Waals surface area contributed by atoms with E-state index in [0.717, 1.165) is 19.5 Å². The van der Waals surface area contributed by atoms with E-state index in [1.165, 1.54) is 10.4 Å². The minimum absolute atomic E-state index is 0.00616. The van der Waals surface area contributed by atoms with Crippen molar-refractivity contribution >= 4 is 21.6 Å². The molecule has 1 aliphatic heterocycles. The maximum absolute atomic E-state index is 12.5. The van der Waals surface area contributed by atoms with Crippen LogP contribution in [-0.4, -0.2) is 49.8 Å². The van der Waals surface area contributed by atoms with Crippen molar-refractivity contribution in [3.05, 3.63) is 17.9 Å². The van der Waals surface area contributed by atoms with Crippen molar-refractivity contribution in [2.75, 3.05) is 26.2 Å². The molecule has 1 aromatic heterocycles. The molecule has 2 heterocycles. The SMILES string of the molecule is CCN(CC)C1CCN(S(=O)(=O)c2ccc(CCl)o2)C1. The van der Waals surface area contributed by atoms with Gasteiger partial charge in [0.25, 0.3) is 10.0 Å². The van der Waals surface area contributed by atoms with Gasteiger partial charge in [-0.05, 0) is 31.6 Å². The molecule has 2 rings (SSSR count). The van der Waals surface area contributed by atoms with E-state index in [4.69, 9.17) is 16.0 Å². The van der Waals surface area contributed by atoms with Gasteiger partial charge in [0.15, 0.2) is 0 Å².